The largest absolute Gasteiger partial charge is 0.493 e. The summed E-state index contributed by atoms with van der Waals surface area (Å²) in [6.07, 6.45) is 3.20. The first-order valence-corrected chi connectivity index (χ1v) is 14.5. The number of amides is 2. The van der Waals surface area contributed by atoms with Gasteiger partial charge in [-0.05, 0) is 73.1 Å². The number of hydrogen-bond acceptors (Lipinski definition) is 9. The number of fused-ring (bicyclic) bond motifs is 3. The molecule has 3 atom stereocenters. The second kappa shape index (κ2) is 14.1. The van der Waals surface area contributed by atoms with Gasteiger partial charge in [-0.1, -0.05) is 6.07 Å². The van der Waals surface area contributed by atoms with Crippen LogP contribution >= 0.6 is 11.8 Å². The van der Waals surface area contributed by atoms with Crippen molar-refractivity contribution in [3.05, 3.63) is 45.6 Å². The van der Waals surface area contributed by atoms with Crippen molar-refractivity contribution in [1.29, 1.82) is 0 Å². The summed E-state index contributed by atoms with van der Waals surface area (Å²) >= 11 is 1.48. The number of thioether (sulfide) groups is 1. The van der Waals surface area contributed by atoms with E-state index in [2.05, 4.69) is 16.0 Å². The Balaban J connectivity index is 2.11. The molecule has 11 nitrogen and oxygen atoms in total. The molecule has 2 amide bonds. The fourth-order valence-corrected chi connectivity index (χ4v) is 5.39. The van der Waals surface area contributed by atoms with E-state index in [1.165, 1.54) is 46.1 Å². The SMILES string of the molecule is COc1cc2c(c(OC)c1OC)-c1ccc(N[C@@H](C)C(=O)N[C@@H](CCSC)C(=O)O)c(=O)cc1[C@@H](NC(C)=O)CC2. The molecular weight excluding hydrogens is 550 g/mol. The number of carbonyl (C=O) groups excluding carboxylic acids is 2. The van der Waals surface area contributed by atoms with Crippen molar-refractivity contribution in [2.75, 3.05) is 38.7 Å². The number of benzene rings is 1. The fraction of sp³-hybridized carbons (Fsp3) is 0.448. The van der Waals surface area contributed by atoms with Crippen LogP contribution in [0.2, 0.25) is 0 Å². The Morgan fingerprint density at radius 1 is 1.10 bits per heavy atom. The number of carbonyl (C=O) groups is 3. The molecule has 0 radical (unpaired) electrons. The van der Waals surface area contributed by atoms with E-state index in [-0.39, 0.29) is 18.0 Å². The first-order chi connectivity index (χ1) is 19.6. The Labute approximate surface area is 243 Å². The summed E-state index contributed by atoms with van der Waals surface area (Å²) in [5, 5.41) is 17.9. The van der Waals surface area contributed by atoms with Crippen LogP contribution in [0, 0.1) is 0 Å². The predicted molar refractivity (Wildman–Crippen MR) is 158 cm³/mol. The quantitative estimate of drug-likeness (QED) is 0.292. The van der Waals surface area contributed by atoms with Crippen LogP contribution in [0.25, 0.3) is 11.1 Å². The first kappa shape index (κ1) is 31.6. The standard InChI is InChI=1S/C29H37N3O8S/c1-15(28(35)32-22(29(36)37)11-12-41-6)30-21-10-8-18-19(14-23(21)34)20(31-16(2)33)9-7-17-13-24(38-3)26(39-4)27(40-5)25(17)18/h8,10,13-15,20,22H,7,9,11-12H2,1-6H3,(H,30,34)(H,31,33)(H,32,35)(H,36,37)/t15-,20-,22-/m0/s1. The van der Waals surface area contributed by atoms with Crippen LogP contribution in [-0.4, -0.2) is 68.3 Å². The molecule has 0 heterocycles. The van der Waals surface area contributed by atoms with Gasteiger partial charge in [-0.25, -0.2) is 4.79 Å². The maximum absolute atomic E-state index is 13.5. The number of carboxylic acids is 1. The number of methoxy groups -OCH3 is 3. The molecule has 41 heavy (non-hydrogen) atoms. The van der Waals surface area contributed by atoms with Gasteiger partial charge < -0.3 is 35.3 Å². The molecule has 3 rings (SSSR count). The van der Waals surface area contributed by atoms with E-state index in [9.17, 15) is 24.3 Å². The number of rotatable bonds is 12. The van der Waals surface area contributed by atoms with Gasteiger partial charge in [0.15, 0.2) is 11.5 Å². The van der Waals surface area contributed by atoms with Gasteiger partial charge in [-0.2, -0.15) is 11.8 Å². The van der Waals surface area contributed by atoms with Crippen molar-refractivity contribution in [1.82, 2.24) is 10.6 Å². The fourth-order valence-electron chi connectivity index (χ4n) is 4.92. The molecule has 1 aliphatic rings. The number of carboxylic acid groups (broad SMARTS) is 1. The zero-order valence-electron chi connectivity index (χ0n) is 24.1. The highest BCUT2D eigenvalue weighted by molar-refractivity contribution is 7.98. The number of anilines is 1. The Bertz CT molecular complexity index is 1370. The second-order valence-corrected chi connectivity index (χ2v) is 10.6. The molecule has 0 saturated heterocycles. The molecule has 0 aromatic heterocycles. The Hall–Kier alpha value is -3.93. The van der Waals surface area contributed by atoms with E-state index in [1.54, 1.807) is 19.1 Å². The number of aliphatic carboxylic acids is 1. The molecule has 0 spiro atoms. The number of hydrogen-bond donors (Lipinski definition) is 4. The van der Waals surface area contributed by atoms with E-state index < -0.39 is 35.4 Å². The summed E-state index contributed by atoms with van der Waals surface area (Å²) in [6, 6.07) is 4.22. The molecule has 0 bridgehead atoms. The third-order valence-electron chi connectivity index (χ3n) is 6.91. The van der Waals surface area contributed by atoms with Crippen LogP contribution < -0.4 is 35.6 Å². The van der Waals surface area contributed by atoms with E-state index >= 15 is 0 Å². The topological polar surface area (TPSA) is 152 Å². The lowest BCUT2D eigenvalue weighted by Gasteiger charge is -2.19. The average molecular weight is 588 g/mol. The normalized spacial score (nSPS) is 15.2. The molecular formula is C29H37N3O8S. The molecule has 2 aromatic carbocycles. The lowest BCUT2D eigenvalue weighted by Crippen LogP contribution is -2.47. The van der Waals surface area contributed by atoms with Gasteiger partial charge in [0.1, 0.15) is 12.1 Å². The smallest absolute Gasteiger partial charge is 0.326 e. The van der Waals surface area contributed by atoms with Gasteiger partial charge in [-0.3, -0.25) is 14.4 Å². The summed E-state index contributed by atoms with van der Waals surface area (Å²) in [5.41, 5.74) is 2.57. The van der Waals surface area contributed by atoms with Gasteiger partial charge >= 0.3 is 5.97 Å². The summed E-state index contributed by atoms with van der Waals surface area (Å²) in [5.74, 6) is -0.0328. The molecule has 0 aliphatic heterocycles. The highest BCUT2D eigenvalue weighted by Gasteiger charge is 2.30. The molecule has 0 saturated carbocycles. The van der Waals surface area contributed by atoms with Crippen LogP contribution in [0.1, 0.15) is 43.9 Å². The van der Waals surface area contributed by atoms with Gasteiger partial charge in [-0.15, -0.1) is 0 Å². The van der Waals surface area contributed by atoms with Crippen molar-refractivity contribution in [3.63, 3.8) is 0 Å². The number of nitrogens with one attached hydrogen (secondary N) is 3. The highest BCUT2D eigenvalue weighted by Crippen LogP contribution is 2.50. The molecule has 1 aliphatic carbocycles. The van der Waals surface area contributed by atoms with Crippen LogP contribution in [0.3, 0.4) is 0 Å². The lowest BCUT2D eigenvalue weighted by atomic mass is 9.95. The van der Waals surface area contributed by atoms with Crippen molar-refractivity contribution in [2.24, 2.45) is 0 Å². The lowest BCUT2D eigenvalue weighted by molar-refractivity contribution is -0.141. The predicted octanol–water partition coefficient (Wildman–Crippen LogP) is 2.99. The molecule has 0 unspecified atom stereocenters. The van der Waals surface area contributed by atoms with Gasteiger partial charge in [0.25, 0.3) is 0 Å². The van der Waals surface area contributed by atoms with Crippen molar-refractivity contribution < 1.29 is 33.7 Å². The minimum atomic E-state index is -1.12. The molecule has 2 aromatic rings. The number of ether oxygens (including phenoxy) is 3. The minimum Gasteiger partial charge on any atom is -0.493 e. The molecule has 4 N–H and O–H groups in total. The highest BCUT2D eigenvalue weighted by atomic mass is 32.2. The van der Waals surface area contributed by atoms with Crippen LogP contribution in [-0.2, 0) is 20.8 Å². The van der Waals surface area contributed by atoms with Crippen LogP contribution in [0.5, 0.6) is 17.2 Å². The minimum absolute atomic E-state index is 0.138. The molecule has 0 fully saturated rings. The van der Waals surface area contributed by atoms with Gasteiger partial charge in [0.2, 0.25) is 23.0 Å². The Morgan fingerprint density at radius 2 is 1.80 bits per heavy atom. The van der Waals surface area contributed by atoms with Crippen molar-refractivity contribution >= 4 is 35.2 Å². The molecule has 12 heteroatoms. The van der Waals surface area contributed by atoms with E-state index in [0.29, 0.717) is 52.5 Å². The zero-order chi connectivity index (χ0) is 30.3. The zero-order valence-corrected chi connectivity index (χ0v) is 24.9. The van der Waals surface area contributed by atoms with Gasteiger partial charge in [0, 0.05) is 12.5 Å². The van der Waals surface area contributed by atoms with Crippen LogP contribution in [0.4, 0.5) is 5.69 Å². The monoisotopic (exact) mass is 587 g/mol. The van der Waals surface area contributed by atoms with E-state index in [4.69, 9.17) is 14.2 Å². The Kier molecular flexibility index (Phi) is 10.9. The van der Waals surface area contributed by atoms with Crippen molar-refractivity contribution in [3.8, 4) is 28.4 Å². The average Bonchev–Trinajstić information content (AvgIpc) is 3.18. The number of aryl methyl sites for hydroxylation is 1. The van der Waals surface area contributed by atoms with E-state index in [0.717, 1.165) is 5.56 Å². The maximum atomic E-state index is 13.5. The summed E-state index contributed by atoms with van der Waals surface area (Å²) in [7, 11) is 4.57. The third-order valence-corrected chi connectivity index (χ3v) is 7.55. The third kappa shape index (κ3) is 7.24. The summed E-state index contributed by atoms with van der Waals surface area (Å²) in [6.45, 7) is 2.97. The second-order valence-electron chi connectivity index (χ2n) is 9.64. The summed E-state index contributed by atoms with van der Waals surface area (Å²) < 4.78 is 16.9. The van der Waals surface area contributed by atoms with Crippen molar-refractivity contribution in [2.45, 2.75) is 51.2 Å². The Morgan fingerprint density at radius 3 is 2.39 bits per heavy atom. The first-order valence-electron chi connectivity index (χ1n) is 13.1. The summed E-state index contributed by atoms with van der Waals surface area (Å²) in [4.78, 5) is 50.0. The van der Waals surface area contributed by atoms with E-state index in [1.807, 2.05) is 12.3 Å². The van der Waals surface area contributed by atoms with Crippen LogP contribution in [0.15, 0.2) is 29.1 Å². The molecule has 222 valence electrons. The van der Waals surface area contributed by atoms with Gasteiger partial charge in [0.05, 0.1) is 33.1 Å². The maximum Gasteiger partial charge on any atom is 0.326 e.